The molecule has 1 rings (SSSR count). The highest BCUT2D eigenvalue weighted by molar-refractivity contribution is 7.92. The fourth-order valence-corrected chi connectivity index (χ4v) is 1.33. The van der Waals surface area contributed by atoms with Crippen LogP contribution >= 0.6 is 0 Å². The Hall–Kier alpha value is -0.970. The van der Waals surface area contributed by atoms with Crippen molar-refractivity contribution in [3.63, 3.8) is 0 Å². The van der Waals surface area contributed by atoms with Gasteiger partial charge in [-0.3, -0.25) is 0 Å². The van der Waals surface area contributed by atoms with Gasteiger partial charge in [-0.25, -0.2) is 4.21 Å². The molecular formula is C3H2NO7S2-. The predicted molar refractivity (Wildman–Crippen MR) is 36.1 cm³/mol. The van der Waals surface area contributed by atoms with Gasteiger partial charge >= 0.3 is 16.5 Å². The first-order chi connectivity index (χ1) is 5.99. The predicted octanol–water partition coefficient (Wildman–Crippen LogP) is -0.891. The van der Waals surface area contributed by atoms with E-state index in [-0.39, 0.29) is 0 Å². The first-order valence-electron chi connectivity index (χ1n) is 2.63. The molecule has 0 radical (unpaired) electrons. The molecular weight excluding hydrogens is 226 g/mol. The summed E-state index contributed by atoms with van der Waals surface area (Å²) in [6.07, 6.45) is 1.52. The van der Waals surface area contributed by atoms with E-state index >= 15 is 0 Å². The molecule has 0 bridgehead atoms. The summed E-state index contributed by atoms with van der Waals surface area (Å²) in [7, 11) is -4.67. The van der Waals surface area contributed by atoms with Crippen molar-refractivity contribution in [2.45, 2.75) is 0 Å². The highest BCUT2D eigenvalue weighted by atomic mass is 32.3. The van der Waals surface area contributed by atoms with E-state index in [9.17, 15) is 17.2 Å². The van der Waals surface area contributed by atoms with Crippen LogP contribution in [0.2, 0.25) is 0 Å². The molecule has 1 aromatic rings. The smallest absolute Gasteiger partial charge is 0.465 e. The number of oxazole rings is 1. The van der Waals surface area contributed by atoms with Crippen molar-refractivity contribution < 1.29 is 29.4 Å². The topological polar surface area (TPSA) is 119 Å². The summed E-state index contributed by atoms with van der Waals surface area (Å²) in [5.41, 5.74) is 0. The van der Waals surface area contributed by atoms with Crippen molar-refractivity contribution in [1.29, 1.82) is 0 Å². The van der Waals surface area contributed by atoms with Gasteiger partial charge in [0.1, 0.15) is 17.6 Å². The van der Waals surface area contributed by atoms with Crippen LogP contribution in [0.4, 0.5) is 0 Å². The van der Waals surface area contributed by atoms with Crippen LogP contribution in [0.3, 0.4) is 0 Å². The second-order valence-electron chi connectivity index (χ2n) is 1.56. The zero-order valence-corrected chi connectivity index (χ0v) is 7.41. The minimum atomic E-state index is -4.67. The van der Waals surface area contributed by atoms with E-state index in [4.69, 9.17) is 0 Å². The fourth-order valence-electron chi connectivity index (χ4n) is 0.421. The van der Waals surface area contributed by atoms with Gasteiger partial charge in [-0.15, -0.1) is 3.63 Å². The van der Waals surface area contributed by atoms with E-state index in [1.54, 1.807) is 0 Å². The van der Waals surface area contributed by atoms with Crippen molar-refractivity contribution in [3.8, 4) is 6.08 Å². The molecule has 0 N–H and O–H groups in total. The second-order valence-corrected chi connectivity index (χ2v) is 3.50. The van der Waals surface area contributed by atoms with Gasteiger partial charge in [0.2, 0.25) is 0 Å². The quantitative estimate of drug-likeness (QED) is 0.608. The molecule has 0 spiro atoms. The molecule has 0 aliphatic heterocycles. The molecule has 13 heavy (non-hydrogen) atoms. The Morgan fingerprint density at radius 2 is 2.31 bits per heavy atom. The molecule has 0 aromatic carbocycles. The molecule has 10 heteroatoms. The third-order valence-corrected chi connectivity index (χ3v) is 2.18. The van der Waals surface area contributed by atoms with Gasteiger partial charge < -0.3 is 13.2 Å². The molecule has 0 saturated heterocycles. The maximum atomic E-state index is 10.6. The lowest BCUT2D eigenvalue weighted by Gasteiger charge is -2.03. The van der Waals surface area contributed by atoms with Gasteiger partial charge in [-0.2, -0.15) is 13.4 Å². The largest absolute Gasteiger partial charge is 0.749 e. The SMILES string of the molecule is O=S([O-])OS(=O)(=O)Oc1ncco1. The standard InChI is InChI=1S/C3H3NO7S2/c5-12(6)11-13(7,8)10-3-4-1-2-9-3/h1-2H,(H,5,6)/p-1. The summed E-state index contributed by atoms with van der Waals surface area (Å²) in [6.45, 7) is 0. The highest BCUT2D eigenvalue weighted by Crippen LogP contribution is 2.09. The third kappa shape index (κ3) is 3.50. The van der Waals surface area contributed by atoms with Crippen LogP contribution in [0.1, 0.15) is 0 Å². The Labute approximate surface area is 75.3 Å². The van der Waals surface area contributed by atoms with E-state index in [1.165, 1.54) is 0 Å². The fraction of sp³-hybridized carbons (Fsp3) is 0. The van der Waals surface area contributed by atoms with E-state index in [1.807, 2.05) is 0 Å². The van der Waals surface area contributed by atoms with Gasteiger partial charge in [0, 0.05) is 0 Å². The summed E-state index contributed by atoms with van der Waals surface area (Å²) in [4.78, 5) is 3.26. The van der Waals surface area contributed by atoms with Crippen molar-refractivity contribution >= 4 is 21.8 Å². The molecule has 1 atom stereocenters. The number of aromatic nitrogens is 1. The third-order valence-electron chi connectivity index (χ3n) is 0.722. The van der Waals surface area contributed by atoms with Gasteiger partial charge in [0.05, 0.1) is 6.20 Å². The summed E-state index contributed by atoms with van der Waals surface area (Å²) < 4.78 is 52.4. The molecule has 0 fully saturated rings. The molecule has 0 amide bonds. The number of rotatable bonds is 4. The number of nitrogens with zero attached hydrogens (tertiary/aromatic N) is 1. The average Bonchev–Trinajstić information content (AvgIpc) is 2.34. The lowest BCUT2D eigenvalue weighted by atomic mass is 11.0. The van der Waals surface area contributed by atoms with Crippen molar-refractivity contribution in [2.24, 2.45) is 0 Å². The van der Waals surface area contributed by atoms with Crippen molar-refractivity contribution in [1.82, 2.24) is 4.98 Å². The monoisotopic (exact) mass is 228 g/mol. The number of hydrogen-bond acceptors (Lipinski definition) is 8. The van der Waals surface area contributed by atoms with E-state index in [0.717, 1.165) is 12.5 Å². The molecule has 8 nitrogen and oxygen atoms in total. The molecule has 0 saturated carbocycles. The van der Waals surface area contributed by atoms with Crippen LogP contribution in [0, 0.1) is 0 Å². The maximum absolute atomic E-state index is 10.6. The van der Waals surface area contributed by atoms with Crippen LogP contribution in [-0.4, -0.2) is 22.2 Å². The van der Waals surface area contributed by atoms with Gasteiger partial charge in [0.25, 0.3) is 0 Å². The minimum Gasteiger partial charge on any atom is -0.749 e. The Bertz CT molecular complexity index is 380. The van der Waals surface area contributed by atoms with Crippen LogP contribution in [0.25, 0.3) is 0 Å². The van der Waals surface area contributed by atoms with Gasteiger partial charge in [0.15, 0.2) is 0 Å². The van der Waals surface area contributed by atoms with Crippen molar-refractivity contribution in [3.05, 3.63) is 12.5 Å². The number of hydrogen-bond donors (Lipinski definition) is 0. The Morgan fingerprint density at radius 3 is 2.77 bits per heavy atom. The Kier molecular flexibility index (Phi) is 2.98. The van der Waals surface area contributed by atoms with Crippen LogP contribution < -0.4 is 4.18 Å². The summed E-state index contributed by atoms with van der Waals surface area (Å²) in [5.74, 6) is 0. The summed E-state index contributed by atoms with van der Waals surface area (Å²) in [6, 6.07) is 0. The maximum Gasteiger partial charge on any atom is 0.465 e. The van der Waals surface area contributed by atoms with Crippen LogP contribution in [0.5, 0.6) is 6.08 Å². The first-order valence-corrected chi connectivity index (χ1v) is 4.96. The molecule has 74 valence electrons. The molecule has 1 unspecified atom stereocenters. The summed E-state index contributed by atoms with van der Waals surface area (Å²) >= 11 is -3.23. The Balaban J connectivity index is 2.68. The van der Waals surface area contributed by atoms with E-state index in [2.05, 4.69) is 17.2 Å². The van der Waals surface area contributed by atoms with Gasteiger partial charge in [-0.1, -0.05) is 0 Å². The second kappa shape index (κ2) is 3.83. The lowest BCUT2D eigenvalue weighted by Crippen LogP contribution is -2.14. The lowest BCUT2D eigenvalue weighted by molar-refractivity contribution is 0.323. The molecule has 0 aliphatic rings. The Morgan fingerprint density at radius 1 is 1.62 bits per heavy atom. The molecule has 1 aromatic heterocycles. The zero-order chi connectivity index (χ0) is 9.90. The minimum absolute atomic E-state index is 0.634. The molecule has 0 aliphatic carbocycles. The first kappa shape index (κ1) is 10.1. The van der Waals surface area contributed by atoms with Gasteiger partial charge in [-0.05, 0) is 0 Å². The molecule has 1 heterocycles. The normalized spacial score (nSPS) is 13.9. The van der Waals surface area contributed by atoms with E-state index in [0.29, 0.717) is 0 Å². The van der Waals surface area contributed by atoms with Crippen molar-refractivity contribution in [2.75, 3.05) is 0 Å². The van der Waals surface area contributed by atoms with Crippen LogP contribution in [-0.2, 0) is 25.4 Å². The zero-order valence-electron chi connectivity index (χ0n) is 5.78. The van der Waals surface area contributed by atoms with E-state index < -0.39 is 27.8 Å². The average molecular weight is 228 g/mol. The summed E-state index contributed by atoms with van der Waals surface area (Å²) in [5, 5.41) is 0. The highest BCUT2D eigenvalue weighted by Gasteiger charge is 2.17. The van der Waals surface area contributed by atoms with Crippen LogP contribution in [0.15, 0.2) is 16.9 Å².